The lowest BCUT2D eigenvalue weighted by Crippen LogP contribution is -2.54. The third-order valence-corrected chi connectivity index (χ3v) is 11.1. The fourth-order valence-corrected chi connectivity index (χ4v) is 9.34. The minimum absolute atomic E-state index is 0.111. The number of hydrogen-bond donors (Lipinski definition) is 1. The number of carbonyl (C=O) groups is 1. The van der Waals surface area contributed by atoms with Gasteiger partial charge in [-0.3, -0.25) is 4.79 Å². The molecular formula is C29H44O2. The predicted molar refractivity (Wildman–Crippen MR) is 126 cm³/mol. The third-order valence-electron chi connectivity index (χ3n) is 11.1. The minimum Gasteiger partial charge on any atom is -0.392 e. The molecule has 0 aromatic carbocycles. The number of carbonyl (C=O) groups excluding carboxylic acids is 1. The van der Waals surface area contributed by atoms with Crippen molar-refractivity contribution in [3.8, 4) is 0 Å². The van der Waals surface area contributed by atoms with E-state index in [1.165, 1.54) is 37.7 Å². The molecule has 4 saturated carbocycles. The van der Waals surface area contributed by atoms with Crippen LogP contribution in [0.1, 0.15) is 98.8 Å². The molecule has 172 valence electrons. The molecule has 1 spiro atoms. The van der Waals surface area contributed by atoms with E-state index in [1.54, 1.807) is 5.57 Å². The molecule has 2 nitrogen and oxygen atoms in total. The molecule has 31 heavy (non-hydrogen) atoms. The zero-order valence-corrected chi connectivity index (χ0v) is 20.5. The average molecular weight is 425 g/mol. The SMILES string of the molecule is CC(C)=CCC[C@@H](C)[C@H]1CC(=O)[C@H]2[C@@H]3CC=C4C5(CC5)[C@H](O)CC[C@]4(C)[C@H]3CC[C@]12C. The summed E-state index contributed by atoms with van der Waals surface area (Å²) in [5.41, 5.74) is 3.52. The zero-order chi connectivity index (χ0) is 22.2. The second-order valence-electron chi connectivity index (χ2n) is 12.9. The van der Waals surface area contributed by atoms with Gasteiger partial charge in [0.2, 0.25) is 0 Å². The van der Waals surface area contributed by atoms with E-state index in [9.17, 15) is 9.90 Å². The molecule has 4 fully saturated rings. The van der Waals surface area contributed by atoms with Gasteiger partial charge in [-0.1, -0.05) is 44.1 Å². The highest BCUT2D eigenvalue weighted by Gasteiger charge is 2.66. The molecule has 0 heterocycles. The maximum absolute atomic E-state index is 13.5. The Morgan fingerprint density at radius 3 is 2.61 bits per heavy atom. The van der Waals surface area contributed by atoms with E-state index in [2.05, 4.69) is 46.8 Å². The second kappa shape index (κ2) is 7.31. The van der Waals surface area contributed by atoms with Crippen LogP contribution in [-0.4, -0.2) is 17.0 Å². The molecule has 0 bridgehead atoms. The van der Waals surface area contributed by atoms with E-state index >= 15 is 0 Å². The van der Waals surface area contributed by atoms with Crippen LogP contribution in [0.25, 0.3) is 0 Å². The summed E-state index contributed by atoms with van der Waals surface area (Å²) in [7, 11) is 0. The van der Waals surface area contributed by atoms with Crippen LogP contribution >= 0.6 is 0 Å². The molecule has 1 N–H and O–H groups in total. The van der Waals surface area contributed by atoms with Gasteiger partial charge in [-0.25, -0.2) is 0 Å². The molecule has 2 heteroatoms. The molecular weight excluding hydrogens is 380 g/mol. The van der Waals surface area contributed by atoms with Gasteiger partial charge >= 0.3 is 0 Å². The first-order valence-corrected chi connectivity index (χ1v) is 13.2. The first-order chi connectivity index (χ1) is 14.6. The highest BCUT2D eigenvalue weighted by Crippen LogP contribution is 2.72. The Morgan fingerprint density at radius 1 is 1.19 bits per heavy atom. The molecule has 0 aromatic heterocycles. The Labute approximate surface area is 190 Å². The van der Waals surface area contributed by atoms with Crippen molar-refractivity contribution in [1.29, 1.82) is 0 Å². The van der Waals surface area contributed by atoms with Crippen LogP contribution in [0.3, 0.4) is 0 Å². The van der Waals surface area contributed by atoms with Crippen molar-refractivity contribution in [3.05, 3.63) is 23.3 Å². The maximum atomic E-state index is 13.5. The molecule has 5 rings (SSSR count). The lowest BCUT2D eigenvalue weighted by atomic mass is 9.45. The van der Waals surface area contributed by atoms with Crippen molar-refractivity contribution in [2.24, 2.45) is 45.8 Å². The summed E-state index contributed by atoms with van der Waals surface area (Å²) >= 11 is 0. The van der Waals surface area contributed by atoms with Crippen LogP contribution in [-0.2, 0) is 4.79 Å². The first-order valence-electron chi connectivity index (χ1n) is 13.2. The van der Waals surface area contributed by atoms with Crippen LogP contribution < -0.4 is 0 Å². The quantitative estimate of drug-likeness (QED) is 0.500. The van der Waals surface area contributed by atoms with Crippen molar-refractivity contribution in [2.75, 3.05) is 0 Å². The van der Waals surface area contributed by atoms with Gasteiger partial charge in [-0.05, 0) is 106 Å². The van der Waals surface area contributed by atoms with Crippen molar-refractivity contribution in [3.63, 3.8) is 0 Å². The number of rotatable bonds is 4. The molecule has 0 aliphatic heterocycles. The summed E-state index contributed by atoms with van der Waals surface area (Å²) in [4.78, 5) is 13.5. The Morgan fingerprint density at radius 2 is 1.94 bits per heavy atom. The normalized spacial score (nSPS) is 45.9. The van der Waals surface area contributed by atoms with Crippen LogP contribution in [0.15, 0.2) is 23.3 Å². The number of hydrogen-bond acceptors (Lipinski definition) is 2. The first kappa shape index (κ1) is 21.9. The highest BCUT2D eigenvalue weighted by atomic mass is 16.3. The molecule has 5 aliphatic rings. The Kier molecular flexibility index (Phi) is 5.17. The molecule has 0 aromatic rings. The molecule has 0 unspecified atom stereocenters. The van der Waals surface area contributed by atoms with Crippen molar-refractivity contribution in [2.45, 2.75) is 105 Å². The predicted octanol–water partition coefficient (Wildman–Crippen LogP) is 6.88. The summed E-state index contributed by atoms with van der Waals surface area (Å²) in [6.07, 6.45) is 15.9. The summed E-state index contributed by atoms with van der Waals surface area (Å²) in [5.74, 6) is 3.18. The Hall–Kier alpha value is -0.890. The van der Waals surface area contributed by atoms with E-state index in [-0.39, 0.29) is 28.3 Å². The number of Topliss-reactive ketones (excluding diaryl/α,β-unsaturated/α-hetero) is 1. The van der Waals surface area contributed by atoms with Crippen LogP contribution in [0, 0.1) is 45.8 Å². The molecule has 0 radical (unpaired) electrons. The molecule has 0 amide bonds. The van der Waals surface area contributed by atoms with E-state index in [0.717, 1.165) is 32.1 Å². The smallest absolute Gasteiger partial charge is 0.137 e. The van der Waals surface area contributed by atoms with Crippen LogP contribution in [0.5, 0.6) is 0 Å². The van der Waals surface area contributed by atoms with Crippen molar-refractivity contribution >= 4 is 5.78 Å². The third kappa shape index (κ3) is 3.10. The Balaban J connectivity index is 1.41. The van der Waals surface area contributed by atoms with Crippen LogP contribution in [0.4, 0.5) is 0 Å². The van der Waals surface area contributed by atoms with E-state index < -0.39 is 0 Å². The average Bonchev–Trinajstić information content (AvgIpc) is 3.44. The Bertz CT molecular complexity index is 813. The zero-order valence-electron chi connectivity index (χ0n) is 20.5. The van der Waals surface area contributed by atoms with Gasteiger partial charge < -0.3 is 5.11 Å². The standard InChI is InChI=1S/C29H44O2/c1-18(2)7-6-8-19(3)22-17-23(30)26-20-9-10-24-27(4,21(20)11-13-28(22,26)5)14-12-25(31)29(24)15-16-29/h7,10,19-22,25-26,31H,6,8-9,11-17H2,1-5H3/t19-,20-,21+,22-,25-,26-,27-,28-/m1/s1. The molecule has 8 atom stereocenters. The monoisotopic (exact) mass is 424 g/mol. The van der Waals surface area contributed by atoms with E-state index in [0.29, 0.717) is 29.5 Å². The summed E-state index contributed by atoms with van der Waals surface area (Å²) in [5, 5.41) is 10.8. The lowest BCUT2D eigenvalue weighted by molar-refractivity contribution is -0.131. The number of fused-ring (bicyclic) bond motifs is 6. The van der Waals surface area contributed by atoms with Gasteiger partial charge in [0.15, 0.2) is 0 Å². The molecule has 5 aliphatic carbocycles. The van der Waals surface area contributed by atoms with Gasteiger partial charge in [0.05, 0.1) is 6.10 Å². The lowest BCUT2D eigenvalue weighted by Gasteiger charge is -2.59. The second-order valence-corrected chi connectivity index (χ2v) is 12.9. The van der Waals surface area contributed by atoms with E-state index in [1.807, 2.05) is 0 Å². The van der Waals surface area contributed by atoms with Gasteiger partial charge in [0.1, 0.15) is 5.78 Å². The number of aliphatic hydroxyl groups excluding tert-OH is 1. The van der Waals surface area contributed by atoms with E-state index in [4.69, 9.17) is 0 Å². The summed E-state index contributed by atoms with van der Waals surface area (Å²) in [6, 6.07) is 0. The topological polar surface area (TPSA) is 37.3 Å². The highest BCUT2D eigenvalue weighted by molar-refractivity contribution is 5.85. The largest absolute Gasteiger partial charge is 0.392 e. The fraction of sp³-hybridized carbons (Fsp3) is 0.828. The fourth-order valence-electron chi connectivity index (χ4n) is 9.34. The van der Waals surface area contributed by atoms with Gasteiger partial charge in [-0.2, -0.15) is 0 Å². The number of allylic oxidation sites excluding steroid dienone is 3. The van der Waals surface area contributed by atoms with Crippen LogP contribution in [0.2, 0.25) is 0 Å². The van der Waals surface area contributed by atoms with Crippen molar-refractivity contribution < 1.29 is 9.90 Å². The minimum atomic E-state index is -0.128. The maximum Gasteiger partial charge on any atom is 0.137 e. The van der Waals surface area contributed by atoms with Crippen molar-refractivity contribution in [1.82, 2.24) is 0 Å². The number of ketones is 1. The summed E-state index contributed by atoms with van der Waals surface area (Å²) < 4.78 is 0. The van der Waals surface area contributed by atoms with Gasteiger partial charge in [-0.15, -0.1) is 0 Å². The van der Waals surface area contributed by atoms with Gasteiger partial charge in [0.25, 0.3) is 0 Å². The van der Waals surface area contributed by atoms with Gasteiger partial charge in [0, 0.05) is 17.8 Å². The summed E-state index contributed by atoms with van der Waals surface area (Å²) in [6.45, 7) is 11.8. The molecule has 0 saturated heterocycles. The number of aliphatic hydroxyl groups is 1.